The lowest BCUT2D eigenvalue weighted by molar-refractivity contribution is -0.123. The molecule has 6 heteroatoms. The van der Waals surface area contributed by atoms with Crippen LogP contribution in [0.4, 0.5) is 0 Å². The maximum atomic E-state index is 12.8. The van der Waals surface area contributed by atoms with Crippen LogP contribution in [0.1, 0.15) is 29.0 Å². The number of carbonyl (C=O) groups is 2. The van der Waals surface area contributed by atoms with Crippen molar-refractivity contribution in [3.8, 4) is 5.75 Å². The van der Waals surface area contributed by atoms with Gasteiger partial charge < -0.3 is 19.8 Å². The molecular formula is C17H20N2O4. The largest absolute Gasteiger partial charge is 0.493 e. The lowest BCUT2D eigenvalue weighted by Gasteiger charge is -2.30. The highest BCUT2D eigenvalue weighted by molar-refractivity contribution is 6.00. The molecule has 0 bridgehead atoms. The molecular weight excluding hydrogens is 296 g/mol. The number of rotatable bonds is 3. The van der Waals surface area contributed by atoms with Crippen LogP contribution in [0.5, 0.6) is 5.75 Å². The third-order valence-corrected chi connectivity index (χ3v) is 4.45. The summed E-state index contributed by atoms with van der Waals surface area (Å²) in [6.07, 6.45) is 1.49. The molecule has 1 aliphatic heterocycles. The molecule has 122 valence electrons. The highest BCUT2D eigenvalue weighted by Gasteiger charge is 2.30. The average Bonchev–Trinajstić information content (AvgIpc) is 2.91. The molecule has 1 aromatic heterocycles. The van der Waals surface area contributed by atoms with Crippen LogP contribution in [0, 0.1) is 12.8 Å². The minimum Gasteiger partial charge on any atom is -0.493 e. The summed E-state index contributed by atoms with van der Waals surface area (Å²) in [6.45, 7) is 2.81. The van der Waals surface area contributed by atoms with E-state index in [2.05, 4.69) is 0 Å². The number of hydrogen-bond acceptors (Lipinski definition) is 4. The first-order valence-corrected chi connectivity index (χ1v) is 7.67. The van der Waals surface area contributed by atoms with Gasteiger partial charge in [-0.1, -0.05) is 12.1 Å². The lowest BCUT2D eigenvalue weighted by atomic mass is 9.97. The molecule has 2 N–H and O–H groups in total. The number of fused-ring (bicyclic) bond motifs is 1. The first-order chi connectivity index (χ1) is 11.0. The molecule has 1 aliphatic rings. The molecule has 3 rings (SSSR count). The van der Waals surface area contributed by atoms with Crippen molar-refractivity contribution in [2.75, 3.05) is 20.2 Å². The van der Waals surface area contributed by atoms with Gasteiger partial charge in [0, 0.05) is 24.0 Å². The third kappa shape index (κ3) is 2.65. The Morgan fingerprint density at radius 3 is 2.87 bits per heavy atom. The normalized spacial score (nSPS) is 18.2. The standard InChI is InChI=1S/C17H20N2O4/c1-10-12-6-3-7-13(22-2)15(12)23-14(10)17(21)19-8-4-5-11(9-19)16(18)20/h3,6-7,11H,4-5,8-9H2,1-2H3,(H2,18,20). The van der Waals surface area contributed by atoms with Crippen molar-refractivity contribution in [2.45, 2.75) is 19.8 Å². The van der Waals surface area contributed by atoms with Gasteiger partial charge in [0.15, 0.2) is 17.1 Å². The predicted molar refractivity (Wildman–Crippen MR) is 85.3 cm³/mol. The molecule has 0 radical (unpaired) electrons. The van der Waals surface area contributed by atoms with Crippen LogP contribution in [0.15, 0.2) is 22.6 Å². The highest BCUT2D eigenvalue weighted by Crippen LogP contribution is 2.33. The van der Waals surface area contributed by atoms with E-state index in [1.165, 1.54) is 0 Å². The van der Waals surface area contributed by atoms with Crippen LogP contribution in [0.2, 0.25) is 0 Å². The zero-order valence-electron chi connectivity index (χ0n) is 13.3. The molecule has 0 spiro atoms. The van der Waals surface area contributed by atoms with Gasteiger partial charge in [0.2, 0.25) is 5.91 Å². The molecule has 2 amide bonds. The van der Waals surface area contributed by atoms with Gasteiger partial charge in [-0.25, -0.2) is 0 Å². The van der Waals surface area contributed by atoms with Crippen LogP contribution < -0.4 is 10.5 Å². The maximum Gasteiger partial charge on any atom is 0.289 e. The number of nitrogens with two attached hydrogens (primary N) is 1. The number of para-hydroxylation sites is 1. The SMILES string of the molecule is COc1cccc2c(C)c(C(=O)N3CCCC(C(N)=O)C3)oc12. The molecule has 0 saturated carbocycles. The van der Waals surface area contributed by atoms with Gasteiger partial charge in [0.1, 0.15) is 0 Å². The Balaban J connectivity index is 1.95. The quantitative estimate of drug-likeness (QED) is 0.939. The van der Waals surface area contributed by atoms with Crippen molar-refractivity contribution in [2.24, 2.45) is 11.7 Å². The summed E-state index contributed by atoms with van der Waals surface area (Å²) in [7, 11) is 1.57. The number of benzene rings is 1. The van der Waals surface area contributed by atoms with E-state index in [0.29, 0.717) is 30.2 Å². The van der Waals surface area contributed by atoms with Crippen molar-refractivity contribution in [3.63, 3.8) is 0 Å². The molecule has 1 fully saturated rings. The number of aryl methyl sites for hydroxylation is 1. The Morgan fingerprint density at radius 2 is 2.17 bits per heavy atom. The number of methoxy groups -OCH3 is 1. The summed E-state index contributed by atoms with van der Waals surface area (Å²) in [5, 5.41) is 0.858. The number of piperidine rings is 1. The van der Waals surface area contributed by atoms with Crippen LogP contribution in [-0.4, -0.2) is 36.9 Å². The molecule has 1 atom stereocenters. The molecule has 2 heterocycles. The van der Waals surface area contributed by atoms with Gasteiger partial charge in [-0.05, 0) is 25.8 Å². The summed E-state index contributed by atoms with van der Waals surface area (Å²) in [4.78, 5) is 25.8. The zero-order valence-corrected chi connectivity index (χ0v) is 13.3. The van der Waals surface area contributed by atoms with Gasteiger partial charge >= 0.3 is 0 Å². The zero-order chi connectivity index (χ0) is 16.6. The van der Waals surface area contributed by atoms with Crippen molar-refractivity contribution in [1.82, 2.24) is 4.90 Å². The molecule has 1 saturated heterocycles. The fourth-order valence-electron chi connectivity index (χ4n) is 3.12. The summed E-state index contributed by atoms with van der Waals surface area (Å²) >= 11 is 0. The number of ether oxygens (including phenoxy) is 1. The number of likely N-dealkylation sites (tertiary alicyclic amines) is 1. The van der Waals surface area contributed by atoms with Crippen molar-refractivity contribution >= 4 is 22.8 Å². The first kappa shape index (κ1) is 15.4. The summed E-state index contributed by atoms with van der Waals surface area (Å²) in [6, 6.07) is 5.56. The number of primary amides is 1. The minimum atomic E-state index is -0.356. The summed E-state index contributed by atoms with van der Waals surface area (Å²) in [5.74, 6) is 0.0528. The smallest absolute Gasteiger partial charge is 0.289 e. The van der Waals surface area contributed by atoms with Crippen LogP contribution >= 0.6 is 0 Å². The Hall–Kier alpha value is -2.50. The van der Waals surface area contributed by atoms with E-state index in [4.69, 9.17) is 14.9 Å². The number of carbonyl (C=O) groups excluding carboxylic acids is 2. The first-order valence-electron chi connectivity index (χ1n) is 7.67. The number of nitrogens with zero attached hydrogens (tertiary/aromatic N) is 1. The monoisotopic (exact) mass is 316 g/mol. The fraction of sp³-hybridized carbons (Fsp3) is 0.412. The molecule has 0 aliphatic carbocycles. The van der Waals surface area contributed by atoms with E-state index in [1.54, 1.807) is 18.1 Å². The van der Waals surface area contributed by atoms with Crippen LogP contribution in [0.25, 0.3) is 11.0 Å². The van der Waals surface area contributed by atoms with E-state index in [-0.39, 0.29) is 17.7 Å². The Bertz CT molecular complexity index is 765. The van der Waals surface area contributed by atoms with Crippen molar-refractivity contribution in [1.29, 1.82) is 0 Å². The molecule has 1 unspecified atom stereocenters. The Kier molecular flexibility index (Phi) is 3.98. The third-order valence-electron chi connectivity index (χ3n) is 4.45. The second-order valence-corrected chi connectivity index (χ2v) is 5.89. The van der Waals surface area contributed by atoms with Crippen LogP contribution in [0.3, 0.4) is 0 Å². The van der Waals surface area contributed by atoms with E-state index < -0.39 is 0 Å². The predicted octanol–water partition coefficient (Wildman–Crippen LogP) is 2.09. The van der Waals surface area contributed by atoms with E-state index in [0.717, 1.165) is 23.8 Å². The Morgan fingerprint density at radius 1 is 1.39 bits per heavy atom. The molecule has 1 aromatic carbocycles. The van der Waals surface area contributed by atoms with Gasteiger partial charge in [-0.3, -0.25) is 9.59 Å². The van der Waals surface area contributed by atoms with Gasteiger partial charge in [0.25, 0.3) is 5.91 Å². The molecule has 2 aromatic rings. The molecule has 6 nitrogen and oxygen atoms in total. The summed E-state index contributed by atoms with van der Waals surface area (Å²) < 4.78 is 11.1. The number of amides is 2. The van der Waals surface area contributed by atoms with E-state index in [1.807, 2.05) is 19.1 Å². The van der Waals surface area contributed by atoms with Gasteiger partial charge in [0.05, 0.1) is 13.0 Å². The van der Waals surface area contributed by atoms with E-state index in [9.17, 15) is 9.59 Å². The molecule has 23 heavy (non-hydrogen) atoms. The highest BCUT2D eigenvalue weighted by atomic mass is 16.5. The number of furan rings is 1. The van der Waals surface area contributed by atoms with Crippen LogP contribution in [-0.2, 0) is 4.79 Å². The summed E-state index contributed by atoms with van der Waals surface area (Å²) in [5.41, 5.74) is 6.73. The Labute approximate surface area is 134 Å². The lowest BCUT2D eigenvalue weighted by Crippen LogP contribution is -2.44. The average molecular weight is 316 g/mol. The second kappa shape index (κ2) is 5.95. The number of hydrogen-bond donors (Lipinski definition) is 1. The van der Waals surface area contributed by atoms with E-state index >= 15 is 0 Å². The topological polar surface area (TPSA) is 85.8 Å². The maximum absolute atomic E-state index is 12.8. The fourth-order valence-corrected chi connectivity index (χ4v) is 3.12. The van der Waals surface area contributed by atoms with Crippen molar-refractivity contribution in [3.05, 3.63) is 29.5 Å². The minimum absolute atomic E-state index is 0.202. The second-order valence-electron chi connectivity index (χ2n) is 5.89. The van der Waals surface area contributed by atoms with Gasteiger partial charge in [-0.2, -0.15) is 0 Å². The van der Waals surface area contributed by atoms with Crippen molar-refractivity contribution < 1.29 is 18.7 Å². The van der Waals surface area contributed by atoms with Gasteiger partial charge in [-0.15, -0.1) is 0 Å².